The van der Waals surface area contributed by atoms with E-state index in [0.717, 1.165) is 30.9 Å². The summed E-state index contributed by atoms with van der Waals surface area (Å²) in [5.74, 6) is 1.46. The van der Waals surface area contributed by atoms with Gasteiger partial charge in [0, 0.05) is 17.5 Å². The molecule has 1 aromatic heterocycles. The molecule has 1 saturated heterocycles. The normalized spacial score (nSPS) is 15.4. The van der Waals surface area contributed by atoms with E-state index in [1.165, 1.54) is 12.8 Å². The number of carbonyl (C=O) groups excluding carboxylic acids is 1. The number of carbonyl (C=O) groups is 1. The lowest BCUT2D eigenvalue weighted by Crippen LogP contribution is -2.28. The number of halogens is 1. The fraction of sp³-hybridized carbons (Fsp3) is 0.444. The molecular formula is C18H23ClN4O. The summed E-state index contributed by atoms with van der Waals surface area (Å²) in [6, 6.07) is 9.48. The van der Waals surface area contributed by atoms with Gasteiger partial charge in [-0.2, -0.15) is 5.10 Å². The Labute approximate surface area is 147 Å². The number of amides is 1. The molecule has 0 atom stereocenters. The summed E-state index contributed by atoms with van der Waals surface area (Å²) in [7, 11) is 0. The van der Waals surface area contributed by atoms with Crippen molar-refractivity contribution in [3.8, 4) is 0 Å². The van der Waals surface area contributed by atoms with Gasteiger partial charge in [-0.25, -0.2) is 4.68 Å². The minimum atomic E-state index is 0.0615. The first-order chi connectivity index (χ1) is 11.7. The molecule has 1 aliphatic rings. The minimum Gasteiger partial charge on any atom is -0.317 e. The van der Waals surface area contributed by atoms with Crippen molar-refractivity contribution in [3.05, 3.63) is 47.1 Å². The Morgan fingerprint density at radius 3 is 2.75 bits per heavy atom. The van der Waals surface area contributed by atoms with Crippen LogP contribution < -0.4 is 10.6 Å². The number of hydrogen-bond donors (Lipinski definition) is 2. The Kier molecular flexibility index (Phi) is 5.88. The van der Waals surface area contributed by atoms with Gasteiger partial charge >= 0.3 is 0 Å². The fourth-order valence-corrected chi connectivity index (χ4v) is 3.16. The highest BCUT2D eigenvalue weighted by molar-refractivity contribution is 6.30. The monoisotopic (exact) mass is 346 g/mol. The fourth-order valence-electron chi connectivity index (χ4n) is 3.04. The molecule has 24 heavy (non-hydrogen) atoms. The smallest absolute Gasteiger partial charge is 0.225 e. The summed E-state index contributed by atoms with van der Waals surface area (Å²) >= 11 is 5.91. The number of nitrogens with one attached hydrogen (secondary N) is 2. The molecule has 2 heterocycles. The molecule has 0 radical (unpaired) electrons. The number of anilines is 1. The summed E-state index contributed by atoms with van der Waals surface area (Å²) in [6.45, 7) is 2.74. The van der Waals surface area contributed by atoms with Crippen LogP contribution in [0.2, 0.25) is 5.02 Å². The third kappa shape index (κ3) is 4.82. The molecule has 128 valence electrons. The maximum atomic E-state index is 12.2. The molecule has 3 rings (SSSR count). The molecule has 0 unspecified atom stereocenters. The molecule has 2 N–H and O–H groups in total. The Bertz CT molecular complexity index is 662. The van der Waals surface area contributed by atoms with Gasteiger partial charge in [0.1, 0.15) is 5.82 Å². The van der Waals surface area contributed by atoms with Gasteiger partial charge in [0.05, 0.1) is 12.7 Å². The van der Waals surface area contributed by atoms with E-state index >= 15 is 0 Å². The maximum absolute atomic E-state index is 12.2. The zero-order valence-electron chi connectivity index (χ0n) is 13.7. The molecule has 1 aromatic carbocycles. The highest BCUT2D eigenvalue weighted by Gasteiger charge is 2.15. The van der Waals surface area contributed by atoms with Gasteiger partial charge in [0.15, 0.2) is 0 Å². The zero-order chi connectivity index (χ0) is 16.8. The van der Waals surface area contributed by atoms with Crippen LogP contribution in [0, 0.1) is 5.92 Å². The molecule has 2 aromatic rings. The van der Waals surface area contributed by atoms with Crippen molar-refractivity contribution in [3.63, 3.8) is 0 Å². The van der Waals surface area contributed by atoms with Crippen molar-refractivity contribution in [2.45, 2.75) is 32.2 Å². The molecular weight excluding hydrogens is 324 g/mol. The lowest BCUT2D eigenvalue weighted by Gasteiger charge is -2.22. The van der Waals surface area contributed by atoms with Gasteiger partial charge in [-0.15, -0.1) is 0 Å². The van der Waals surface area contributed by atoms with Crippen LogP contribution in [0.3, 0.4) is 0 Å². The van der Waals surface area contributed by atoms with Crippen molar-refractivity contribution in [1.29, 1.82) is 0 Å². The van der Waals surface area contributed by atoms with E-state index in [4.69, 9.17) is 11.6 Å². The Morgan fingerprint density at radius 2 is 2.00 bits per heavy atom. The summed E-state index contributed by atoms with van der Waals surface area (Å²) < 4.78 is 1.80. The average Bonchev–Trinajstić information content (AvgIpc) is 3.03. The Balaban J connectivity index is 1.52. The van der Waals surface area contributed by atoms with Crippen LogP contribution >= 0.6 is 11.6 Å². The first-order valence-corrected chi connectivity index (χ1v) is 8.85. The first kappa shape index (κ1) is 17.0. The van der Waals surface area contributed by atoms with Gasteiger partial charge < -0.3 is 10.6 Å². The van der Waals surface area contributed by atoms with E-state index in [-0.39, 0.29) is 5.91 Å². The van der Waals surface area contributed by atoms with E-state index < -0.39 is 0 Å². The van der Waals surface area contributed by atoms with Crippen LogP contribution in [0.4, 0.5) is 5.82 Å². The molecule has 0 spiro atoms. The van der Waals surface area contributed by atoms with E-state index in [0.29, 0.717) is 23.9 Å². The van der Waals surface area contributed by atoms with Crippen LogP contribution in [0.5, 0.6) is 0 Å². The SMILES string of the molecule is O=C(CCC1CCNCC1)Nc1ccnn1Cc1ccc(Cl)cc1. The zero-order valence-corrected chi connectivity index (χ0v) is 14.4. The summed E-state index contributed by atoms with van der Waals surface area (Å²) in [6.07, 6.45) is 5.57. The van der Waals surface area contributed by atoms with Crippen LogP contribution in [-0.2, 0) is 11.3 Å². The second kappa shape index (κ2) is 8.31. The Morgan fingerprint density at radius 1 is 1.25 bits per heavy atom. The molecule has 1 aliphatic heterocycles. The number of benzene rings is 1. The summed E-state index contributed by atoms with van der Waals surface area (Å²) in [5, 5.41) is 11.3. The number of rotatable bonds is 6. The van der Waals surface area contributed by atoms with E-state index in [9.17, 15) is 4.79 Å². The first-order valence-electron chi connectivity index (χ1n) is 8.47. The summed E-state index contributed by atoms with van der Waals surface area (Å²) in [4.78, 5) is 12.2. The second-order valence-electron chi connectivity index (χ2n) is 6.28. The highest BCUT2D eigenvalue weighted by atomic mass is 35.5. The quantitative estimate of drug-likeness (QED) is 0.843. The number of nitrogens with zero attached hydrogens (tertiary/aromatic N) is 2. The third-order valence-corrected chi connectivity index (χ3v) is 4.72. The number of piperidine rings is 1. The van der Waals surface area contributed by atoms with Gasteiger partial charge in [-0.3, -0.25) is 4.79 Å². The van der Waals surface area contributed by atoms with Crippen LogP contribution in [0.1, 0.15) is 31.2 Å². The van der Waals surface area contributed by atoms with Crippen LogP contribution in [-0.4, -0.2) is 28.8 Å². The molecule has 1 amide bonds. The van der Waals surface area contributed by atoms with E-state index in [1.54, 1.807) is 10.9 Å². The molecule has 6 heteroatoms. The molecule has 5 nitrogen and oxygen atoms in total. The minimum absolute atomic E-state index is 0.0615. The average molecular weight is 347 g/mol. The predicted octanol–water partition coefficient (Wildman–Crippen LogP) is 3.30. The van der Waals surface area contributed by atoms with Crippen molar-refractivity contribution in [2.24, 2.45) is 5.92 Å². The number of hydrogen-bond acceptors (Lipinski definition) is 3. The van der Waals surface area contributed by atoms with Gasteiger partial charge in [0.2, 0.25) is 5.91 Å². The Hall–Kier alpha value is -1.85. The predicted molar refractivity (Wildman–Crippen MR) is 96.2 cm³/mol. The van der Waals surface area contributed by atoms with Crippen molar-refractivity contribution >= 4 is 23.3 Å². The van der Waals surface area contributed by atoms with E-state index in [1.807, 2.05) is 30.3 Å². The maximum Gasteiger partial charge on any atom is 0.225 e. The lowest BCUT2D eigenvalue weighted by atomic mass is 9.93. The third-order valence-electron chi connectivity index (χ3n) is 4.47. The van der Waals surface area contributed by atoms with E-state index in [2.05, 4.69) is 15.7 Å². The molecule has 0 saturated carbocycles. The van der Waals surface area contributed by atoms with Crippen molar-refractivity contribution in [1.82, 2.24) is 15.1 Å². The van der Waals surface area contributed by atoms with Crippen molar-refractivity contribution < 1.29 is 4.79 Å². The number of aromatic nitrogens is 2. The molecule has 1 fully saturated rings. The molecule has 0 aliphatic carbocycles. The largest absolute Gasteiger partial charge is 0.317 e. The topological polar surface area (TPSA) is 59.0 Å². The molecule has 0 bridgehead atoms. The standard InChI is InChI=1S/C18H23ClN4O/c19-16-4-1-15(2-5-16)13-23-17(9-12-21-23)22-18(24)6-3-14-7-10-20-11-8-14/h1-2,4-5,9,12,14,20H,3,6-8,10-11,13H2,(H,22,24). The van der Waals surface area contributed by atoms with Crippen LogP contribution in [0.15, 0.2) is 36.5 Å². The highest BCUT2D eigenvalue weighted by Crippen LogP contribution is 2.19. The van der Waals surface area contributed by atoms with Crippen LogP contribution in [0.25, 0.3) is 0 Å². The van der Waals surface area contributed by atoms with Crippen molar-refractivity contribution in [2.75, 3.05) is 18.4 Å². The lowest BCUT2D eigenvalue weighted by molar-refractivity contribution is -0.116. The van der Waals surface area contributed by atoms with Gasteiger partial charge in [-0.05, 0) is 56.0 Å². The second-order valence-corrected chi connectivity index (χ2v) is 6.72. The van der Waals surface area contributed by atoms with Gasteiger partial charge in [0.25, 0.3) is 0 Å². The summed E-state index contributed by atoms with van der Waals surface area (Å²) in [5.41, 5.74) is 1.09. The van der Waals surface area contributed by atoms with Gasteiger partial charge in [-0.1, -0.05) is 23.7 Å².